The van der Waals surface area contributed by atoms with Gasteiger partial charge < -0.3 is 5.32 Å². The molecule has 1 aromatic carbocycles. The van der Waals surface area contributed by atoms with Crippen molar-refractivity contribution < 1.29 is 14.4 Å². The number of piperidine rings is 1. The Kier molecular flexibility index (Phi) is 4.54. The highest BCUT2D eigenvalue weighted by Crippen LogP contribution is 2.13. The summed E-state index contributed by atoms with van der Waals surface area (Å²) in [4.78, 5) is 36.4. The summed E-state index contributed by atoms with van der Waals surface area (Å²) in [6.45, 7) is 0. The molecule has 2 rings (SSSR count). The number of carbonyl (C=O) groups is 3. The van der Waals surface area contributed by atoms with E-state index in [0.717, 1.165) is 15.8 Å². The number of benzene rings is 1. The average Bonchev–Trinajstić information content (AvgIpc) is 2.48. The van der Waals surface area contributed by atoms with Crippen LogP contribution in [0.4, 0.5) is 0 Å². The van der Waals surface area contributed by atoms with Crippen molar-refractivity contribution in [2.45, 2.75) is 24.2 Å². The van der Waals surface area contributed by atoms with Crippen molar-refractivity contribution in [1.82, 2.24) is 10.2 Å². The van der Waals surface area contributed by atoms with E-state index >= 15 is 0 Å². The number of alkyl halides is 1. The predicted octanol–water partition coefficient (Wildman–Crippen LogP) is 1.46. The van der Waals surface area contributed by atoms with Crippen molar-refractivity contribution in [3.05, 3.63) is 35.4 Å². The molecule has 0 aromatic heterocycles. The third-order valence-corrected chi connectivity index (χ3v) is 3.97. The summed E-state index contributed by atoms with van der Waals surface area (Å²) in [5, 5.41) is 3.40. The molecular formula is C14H15BrN2O3. The largest absolute Gasteiger partial charge is 0.340 e. The highest BCUT2D eigenvalue weighted by molar-refractivity contribution is 9.08. The predicted molar refractivity (Wildman–Crippen MR) is 77.3 cm³/mol. The van der Waals surface area contributed by atoms with Crippen LogP contribution in [0.25, 0.3) is 0 Å². The fourth-order valence-corrected chi connectivity index (χ4v) is 2.41. The van der Waals surface area contributed by atoms with E-state index < -0.39 is 6.04 Å². The van der Waals surface area contributed by atoms with Gasteiger partial charge in [0.05, 0.1) is 0 Å². The number of carbonyl (C=O) groups excluding carboxylic acids is 3. The summed E-state index contributed by atoms with van der Waals surface area (Å²) < 4.78 is 0. The van der Waals surface area contributed by atoms with Crippen LogP contribution in [-0.4, -0.2) is 35.7 Å². The monoisotopic (exact) mass is 338 g/mol. The second-order valence-electron chi connectivity index (χ2n) is 4.69. The first kappa shape index (κ1) is 14.7. The van der Waals surface area contributed by atoms with Gasteiger partial charge in [-0.2, -0.15) is 0 Å². The molecule has 0 aliphatic carbocycles. The van der Waals surface area contributed by atoms with Gasteiger partial charge in [0.25, 0.3) is 11.8 Å². The minimum absolute atomic E-state index is 0.206. The summed E-state index contributed by atoms with van der Waals surface area (Å²) in [5.74, 6) is -0.860. The van der Waals surface area contributed by atoms with E-state index in [9.17, 15) is 14.4 Å². The Morgan fingerprint density at radius 2 is 2.00 bits per heavy atom. The Labute approximate surface area is 125 Å². The van der Waals surface area contributed by atoms with Gasteiger partial charge in [-0.1, -0.05) is 28.1 Å². The van der Waals surface area contributed by atoms with Gasteiger partial charge >= 0.3 is 0 Å². The van der Waals surface area contributed by atoms with Crippen LogP contribution >= 0.6 is 15.9 Å². The zero-order valence-corrected chi connectivity index (χ0v) is 12.6. The van der Waals surface area contributed by atoms with Crippen LogP contribution in [0.5, 0.6) is 0 Å². The Bertz CT molecular complexity index is 542. The molecule has 1 saturated heterocycles. The van der Waals surface area contributed by atoms with Crippen LogP contribution in [0.3, 0.4) is 0 Å². The van der Waals surface area contributed by atoms with Crippen LogP contribution in [0.1, 0.15) is 28.8 Å². The molecular weight excluding hydrogens is 324 g/mol. The van der Waals surface area contributed by atoms with E-state index in [1.807, 2.05) is 12.1 Å². The van der Waals surface area contributed by atoms with Crippen LogP contribution in [0.2, 0.25) is 0 Å². The van der Waals surface area contributed by atoms with E-state index in [1.165, 1.54) is 7.05 Å². The second kappa shape index (κ2) is 6.17. The maximum absolute atomic E-state index is 12.1. The number of hydrogen-bond acceptors (Lipinski definition) is 3. The fraction of sp³-hybridized carbons (Fsp3) is 0.357. The maximum atomic E-state index is 12.1. The van der Waals surface area contributed by atoms with Crippen molar-refractivity contribution in [3.63, 3.8) is 0 Å². The number of nitrogens with zero attached hydrogens (tertiary/aromatic N) is 1. The smallest absolute Gasteiger partial charge is 0.251 e. The zero-order valence-electron chi connectivity index (χ0n) is 11.1. The standard InChI is InChI=1S/C14H15BrN2O3/c1-17-12(18)7-6-11(14(17)20)16-13(19)10-4-2-9(8-15)3-5-10/h2-5,11H,6-8H2,1H3,(H,16,19). The second-order valence-corrected chi connectivity index (χ2v) is 5.25. The highest BCUT2D eigenvalue weighted by Gasteiger charge is 2.32. The fourth-order valence-electron chi connectivity index (χ4n) is 2.04. The average molecular weight is 339 g/mol. The van der Waals surface area contributed by atoms with Gasteiger partial charge in [0.15, 0.2) is 0 Å². The van der Waals surface area contributed by atoms with Crippen molar-refractivity contribution in [1.29, 1.82) is 0 Å². The number of rotatable bonds is 3. The summed E-state index contributed by atoms with van der Waals surface area (Å²) in [6.07, 6.45) is 0.628. The number of amides is 3. The minimum atomic E-state index is -0.624. The lowest BCUT2D eigenvalue weighted by Gasteiger charge is -2.28. The Balaban J connectivity index is 2.03. The number of halogens is 1. The number of nitrogens with one attached hydrogen (secondary N) is 1. The zero-order chi connectivity index (χ0) is 14.7. The Morgan fingerprint density at radius 3 is 2.60 bits per heavy atom. The number of likely N-dealkylation sites (N-methyl/N-ethyl adjacent to an activating group) is 1. The van der Waals surface area contributed by atoms with Crippen molar-refractivity contribution in [3.8, 4) is 0 Å². The number of imide groups is 1. The van der Waals surface area contributed by atoms with Gasteiger partial charge in [-0.3, -0.25) is 19.3 Å². The number of likely N-dealkylation sites (tertiary alicyclic amines) is 1. The molecule has 20 heavy (non-hydrogen) atoms. The van der Waals surface area contributed by atoms with E-state index in [4.69, 9.17) is 0 Å². The molecule has 1 unspecified atom stereocenters. The molecule has 1 aliphatic heterocycles. The van der Waals surface area contributed by atoms with Gasteiger partial charge in [-0.25, -0.2) is 0 Å². The molecule has 1 N–H and O–H groups in total. The quantitative estimate of drug-likeness (QED) is 0.670. The van der Waals surface area contributed by atoms with Crippen LogP contribution < -0.4 is 5.32 Å². The molecule has 0 bridgehead atoms. The van der Waals surface area contributed by atoms with E-state index in [0.29, 0.717) is 12.0 Å². The number of hydrogen-bond donors (Lipinski definition) is 1. The summed E-state index contributed by atoms with van der Waals surface area (Å²) in [5.41, 5.74) is 1.57. The van der Waals surface area contributed by atoms with Gasteiger partial charge in [-0.15, -0.1) is 0 Å². The lowest BCUT2D eigenvalue weighted by atomic mass is 10.0. The van der Waals surface area contributed by atoms with E-state index in [1.54, 1.807) is 12.1 Å². The molecule has 0 radical (unpaired) electrons. The normalized spacial score (nSPS) is 19.1. The molecule has 1 atom stereocenters. The first-order valence-corrected chi connectivity index (χ1v) is 7.41. The molecule has 0 saturated carbocycles. The Morgan fingerprint density at radius 1 is 1.35 bits per heavy atom. The van der Waals surface area contributed by atoms with Crippen molar-refractivity contribution in [2.75, 3.05) is 7.05 Å². The summed E-state index contributed by atoms with van der Waals surface area (Å²) >= 11 is 3.34. The third kappa shape index (κ3) is 3.07. The molecule has 1 aromatic rings. The van der Waals surface area contributed by atoms with E-state index in [2.05, 4.69) is 21.2 Å². The Hall–Kier alpha value is -1.69. The first-order valence-electron chi connectivity index (χ1n) is 6.29. The molecule has 106 valence electrons. The highest BCUT2D eigenvalue weighted by atomic mass is 79.9. The molecule has 1 heterocycles. The minimum Gasteiger partial charge on any atom is -0.340 e. The van der Waals surface area contributed by atoms with Crippen LogP contribution in [0, 0.1) is 0 Å². The summed E-state index contributed by atoms with van der Waals surface area (Å²) in [6, 6.07) is 6.51. The molecule has 3 amide bonds. The summed E-state index contributed by atoms with van der Waals surface area (Å²) in [7, 11) is 1.44. The molecule has 1 fully saturated rings. The molecule has 5 nitrogen and oxygen atoms in total. The van der Waals surface area contributed by atoms with Crippen molar-refractivity contribution >= 4 is 33.7 Å². The van der Waals surface area contributed by atoms with Gasteiger partial charge in [0.1, 0.15) is 6.04 Å². The van der Waals surface area contributed by atoms with Gasteiger partial charge in [0.2, 0.25) is 5.91 Å². The molecule has 6 heteroatoms. The molecule has 1 aliphatic rings. The van der Waals surface area contributed by atoms with E-state index in [-0.39, 0.29) is 24.1 Å². The van der Waals surface area contributed by atoms with Crippen LogP contribution in [0.15, 0.2) is 24.3 Å². The third-order valence-electron chi connectivity index (χ3n) is 3.33. The maximum Gasteiger partial charge on any atom is 0.251 e. The SMILES string of the molecule is CN1C(=O)CCC(NC(=O)c2ccc(CBr)cc2)C1=O. The van der Waals surface area contributed by atoms with Crippen LogP contribution in [-0.2, 0) is 14.9 Å². The lowest BCUT2D eigenvalue weighted by molar-refractivity contribution is -0.147. The first-order chi connectivity index (χ1) is 9.52. The van der Waals surface area contributed by atoms with Gasteiger partial charge in [-0.05, 0) is 24.1 Å². The topological polar surface area (TPSA) is 66.5 Å². The van der Waals surface area contributed by atoms with Crippen molar-refractivity contribution in [2.24, 2.45) is 0 Å². The molecule has 0 spiro atoms. The lowest BCUT2D eigenvalue weighted by Crippen LogP contribution is -2.52. The van der Waals surface area contributed by atoms with Gasteiger partial charge in [0, 0.05) is 24.4 Å².